The highest BCUT2D eigenvalue weighted by Crippen LogP contribution is 2.32. The van der Waals surface area contributed by atoms with Crippen molar-refractivity contribution in [2.24, 2.45) is 0 Å². The van der Waals surface area contributed by atoms with Gasteiger partial charge in [0.05, 0.1) is 13.7 Å². The van der Waals surface area contributed by atoms with Gasteiger partial charge >= 0.3 is 0 Å². The molecule has 1 saturated carbocycles. The number of carbonyl (C=O) groups is 2. The molecule has 2 aromatic carbocycles. The van der Waals surface area contributed by atoms with Crippen molar-refractivity contribution in [1.82, 2.24) is 14.5 Å². The second kappa shape index (κ2) is 10.6. The fourth-order valence-corrected chi connectivity index (χ4v) is 7.47. The van der Waals surface area contributed by atoms with Crippen LogP contribution < -0.4 is 9.46 Å². The lowest BCUT2D eigenvalue weighted by atomic mass is 10.1. The van der Waals surface area contributed by atoms with Gasteiger partial charge in [0.15, 0.2) is 0 Å². The van der Waals surface area contributed by atoms with Crippen molar-refractivity contribution in [2.45, 2.75) is 48.5 Å². The molecule has 1 unspecified atom stereocenters. The van der Waals surface area contributed by atoms with Crippen LogP contribution in [0.4, 0.5) is 0 Å². The van der Waals surface area contributed by atoms with Crippen molar-refractivity contribution in [2.75, 3.05) is 20.2 Å². The molecule has 0 radical (unpaired) electrons. The van der Waals surface area contributed by atoms with E-state index in [2.05, 4.69) is 4.72 Å². The fraction of sp³-hybridized carbons (Fsp3) is 0.385. The van der Waals surface area contributed by atoms with E-state index in [0.29, 0.717) is 31.0 Å². The Hall–Kier alpha value is -2.66. The lowest BCUT2D eigenvalue weighted by Crippen LogP contribution is -2.54. The Morgan fingerprint density at radius 3 is 2.62 bits per heavy atom. The maximum Gasteiger partial charge on any atom is 0.250 e. The summed E-state index contributed by atoms with van der Waals surface area (Å²) in [7, 11) is -2.31. The number of carbonyl (C=O) groups excluding carboxylic acids is 2. The van der Waals surface area contributed by atoms with Gasteiger partial charge in [-0.25, -0.2) is 8.42 Å². The molecule has 1 atom stereocenters. The number of thiophene rings is 1. The molecule has 196 valence electrons. The fourth-order valence-electron chi connectivity index (χ4n) is 4.55. The zero-order valence-corrected chi connectivity index (χ0v) is 22.7. The van der Waals surface area contributed by atoms with E-state index in [0.717, 1.165) is 45.6 Å². The van der Waals surface area contributed by atoms with E-state index in [-0.39, 0.29) is 28.6 Å². The Morgan fingerprint density at radius 2 is 1.92 bits per heavy atom. The maximum absolute atomic E-state index is 13.3. The second-order valence-corrected chi connectivity index (χ2v) is 12.9. The largest absolute Gasteiger partial charge is 0.497 e. The van der Waals surface area contributed by atoms with E-state index >= 15 is 0 Å². The normalized spacial score (nSPS) is 18.3. The highest BCUT2D eigenvalue weighted by molar-refractivity contribution is 7.91. The summed E-state index contributed by atoms with van der Waals surface area (Å²) in [5.74, 6) is 0.254. The molecule has 0 spiro atoms. The van der Waals surface area contributed by atoms with Crippen molar-refractivity contribution >= 4 is 54.9 Å². The summed E-state index contributed by atoms with van der Waals surface area (Å²) in [5, 5.41) is 1.30. The number of nitrogens with zero attached hydrogens (tertiary/aromatic N) is 2. The quantitative estimate of drug-likeness (QED) is 0.426. The number of piperidine rings is 1. The van der Waals surface area contributed by atoms with Crippen LogP contribution in [0.1, 0.15) is 31.2 Å². The Labute approximate surface area is 225 Å². The van der Waals surface area contributed by atoms with Gasteiger partial charge in [0.25, 0.3) is 10.0 Å². The highest BCUT2D eigenvalue weighted by atomic mass is 35.5. The van der Waals surface area contributed by atoms with Gasteiger partial charge in [-0.15, -0.1) is 11.3 Å². The van der Waals surface area contributed by atoms with Crippen LogP contribution in [-0.2, 0) is 26.2 Å². The van der Waals surface area contributed by atoms with Gasteiger partial charge in [-0.2, -0.15) is 4.72 Å². The number of likely N-dealkylation sites (tertiary alicyclic amines) is 1. The summed E-state index contributed by atoms with van der Waals surface area (Å²) in [4.78, 5) is 29.8. The number of sulfonamides is 1. The molecule has 1 aromatic heterocycles. The number of benzene rings is 2. The summed E-state index contributed by atoms with van der Waals surface area (Å²) in [6.07, 6.45) is 2.88. The minimum absolute atomic E-state index is 0.0644. The molecule has 37 heavy (non-hydrogen) atoms. The number of hydrogen-bond donors (Lipinski definition) is 1. The number of nitrogens with one attached hydrogen (secondary N) is 1. The topological polar surface area (TPSA) is 96.0 Å². The van der Waals surface area contributed by atoms with Crippen LogP contribution in [0.3, 0.4) is 0 Å². The average molecular weight is 562 g/mol. The molecule has 8 nitrogen and oxygen atoms in total. The Morgan fingerprint density at radius 1 is 1.16 bits per heavy atom. The standard InChI is InChI=1S/C26H28ClN3O5S2/c1-35-21-10-4-17(5-11-21)15-30(20-8-9-20)24(31)16-29-12-2-3-22(26(29)32)28-37(33,34)25-13-18-6-7-19(27)14-23(18)36-25/h4-7,10-11,13-14,20,22,28H,2-3,8-9,12,15-16H2,1H3. The van der Waals surface area contributed by atoms with Gasteiger partial charge in [0, 0.05) is 28.9 Å². The second-order valence-electron chi connectivity index (χ2n) is 9.42. The molecule has 2 fully saturated rings. The smallest absolute Gasteiger partial charge is 0.250 e. The Balaban J connectivity index is 1.25. The van der Waals surface area contributed by atoms with E-state index in [1.54, 1.807) is 31.4 Å². The Kier molecular flexibility index (Phi) is 7.44. The molecule has 5 rings (SSSR count). The third-order valence-electron chi connectivity index (χ3n) is 6.70. The number of methoxy groups -OCH3 is 1. The molecule has 1 aliphatic heterocycles. The van der Waals surface area contributed by atoms with Crippen molar-refractivity contribution < 1.29 is 22.7 Å². The minimum Gasteiger partial charge on any atom is -0.497 e. The number of fused-ring (bicyclic) bond motifs is 1. The summed E-state index contributed by atoms with van der Waals surface area (Å²) >= 11 is 7.14. The molecule has 1 saturated heterocycles. The highest BCUT2D eigenvalue weighted by Gasteiger charge is 2.37. The lowest BCUT2D eigenvalue weighted by molar-refractivity contribution is -0.143. The Bertz CT molecular complexity index is 1420. The van der Waals surface area contributed by atoms with Crippen molar-refractivity contribution in [3.8, 4) is 5.75 Å². The van der Waals surface area contributed by atoms with Gasteiger partial charge in [-0.05, 0) is 67.0 Å². The van der Waals surface area contributed by atoms with Crippen LogP contribution >= 0.6 is 22.9 Å². The van der Waals surface area contributed by atoms with Crippen LogP contribution in [0.2, 0.25) is 5.02 Å². The zero-order valence-electron chi connectivity index (χ0n) is 20.4. The van der Waals surface area contributed by atoms with Crippen LogP contribution in [-0.4, -0.2) is 62.3 Å². The molecule has 2 heterocycles. The van der Waals surface area contributed by atoms with E-state index in [4.69, 9.17) is 16.3 Å². The SMILES string of the molecule is COc1ccc(CN(C(=O)CN2CCCC(NS(=O)(=O)c3cc4ccc(Cl)cc4s3)C2=O)C2CC2)cc1. The van der Waals surface area contributed by atoms with E-state index in [9.17, 15) is 18.0 Å². The summed E-state index contributed by atoms with van der Waals surface area (Å²) < 4.78 is 34.9. The molecular formula is C26H28ClN3O5S2. The summed E-state index contributed by atoms with van der Waals surface area (Å²) in [6.45, 7) is 0.817. The molecule has 1 N–H and O–H groups in total. The maximum atomic E-state index is 13.3. The first-order valence-corrected chi connectivity index (χ1v) is 14.8. The monoisotopic (exact) mass is 561 g/mol. The molecule has 11 heteroatoms. The third kappa shape index (κ3) is 5.93. The summed E-state index contributed by atoms with van der Waals surface area (Å²) in [6, 6.07) is 13.6. The van der Waals surface area contributed by atoms with Crippen LogP contribution in [0.25, 0.3) is 10.1 Å². The molecule has 3 aromatic rings. The zero-order chi connectivity index (χ0) is 26.2. The average Bonchev–Trinajstić information content (AvgIpc) is 3.62. The predicted octanol–water partition coefficient (Wildman–Crippen LogP) is 4.02. The number of halogens is 1. The molecular weight excluding hydrogens is 534 g/mol. The first-order chi connectivity index (χ1) is 17.7. The van der Waals surface area contributed by atoms with Gasteiger partial charge in [-0.1, -0.05) is 29.8 Å². The number of rotatable bonds is 9. The van der Waals surface area contributed by atoms with Crippen LogP contribution in [0.5, 0.6) is 5.75 Å². The first kappa shape index (κ1) is 26.0. The van der Waals surface area contributed by atoms with Crippen molar-refractivity contribution in [3.05, 3.63) is 59.1 Å². The predicted molar refractivity (Wildman–Crippen MR) is 143 cm³/mol. The lowest BCUT2D eigenvalue weighted by Gasteiger charge is -2.33. The van der Waals surface area contributed by atoms with Gasteiger partial charge in [0.1, 0.15) is 16.0 Å². The van der Waals surface area contributed by atoms with E-state index in [1.807, 2.05) is 29.2 Å². The molecule has 0 bridgehead atoms. The number of amides is 2. The molecule has 2 aliphatic rings. The van der Waals surface area contributed by atoms with Crippen LogP contribution in [0, 0.1) is 0 Å². The number of hydrogen-bond acceptors (Lipinski definition) is 6. The van der Waals surface area contributed by atoms with E-state index in [1.165, 1.54) is 4.90 Å². The van der Waals surface area contributed by atoms with Crippen molar-refractivity contribution in [1.29, 1.82) is 0 Å². The third-order valence-corrected chi connectivity index (χ3v) is 9.98. The van der Waals surface area contributed by atoms with Gasteiger partial charge < -0.3 is 14.5 Å². The van der Waals surface area contributed by atoms with Gasteiger partial charge in [0.2, 0.25) is 11.8 Å². The number of ether oxygens (including phenoxy) is 1. The summed E-state index contributed by atoms with van der Waals surface area (Å²) in [5.41, 5.74) is 0.987. The minimum atomic E-state index is -3.91. The van der Waals surface area contributed by atoms with E-state index < -0.39 is 16.1 Å². The van der Waals surface area contributed by atoms with Gasteiger partial charge in [-0.3, -0.25) is 9.59 Å². The molecule has 2 amide bonds. The van der Waals surface area contributed by atoms with Crippen molar-refractivity contribution in [3.63, 3.8) is 0 Å². The van der Waals surface area contributed by atoms with Crippen LogP contribution in [0.15, 0.2) is 52.7 Å². The molecule has 1 aliphatic carbocycles. The first-order valence-electron chi connectivity index (χ1n) is 12.2.